The van der Waals surface area contributed by atoms with Gasteiger partial charge >= 0.3 is 0 Å². The standard InChI is InChI=1S/C22H27N3O2S/c1-14(2)21(19(26)6-5-11-25(3)4)16-8-9-17(24-22(16)27)15-7-10-20-18(12-15)23-13-28-20/h7-10,12-14,21H,5-6,11H2,1-4H3,(H,24,27). The summed E-state index contributed by atoms with van der Waals surface area (Å²) in [4.78, 5) is 35.0. The molecule has 28 heavy (non-hydrogen) atoms. The van der Waals surface area contributed by atoms with E-state index in [0.717, 1.165) is 34.4 Å². The van der Waals surface area contributed by atoms with Gasteiger partial charge in [0.05, 0.1) is 21.6 Å². The first-order chi connectivity index (χ1) is 13.4. The molecule has 0 radical (unpaired) electrons. The van der Waals surface area contributed by atoms with E-state index < -0.39 is 0 Å². The molecule has 2 aromatic heterocycles. The summed E-state index contributed by atoms with van der Waals surface area (Å²) >= 11 is 1.59. The molecule has 3 rings (SSSR count). The fourth-order valence-electron chi connectivity index (χ4n) is 3.55. The molecule has 148 valence electrons. The number of rotatable bonds is 8. The molecule has 3 aromatic rings. The minimum Gasteiger partial charge on any atom is -0.322 e. The minimum absolute atomic E-state index is 0.0742. The number of Topliss-reactive ketones (excluding diaryl/α,β-unsaturated/α-hetero) is 1. The van der Waals surface area contributed by atoms with Crippen LogP contribution in [-0.2, 0) is 4.79 Å². The predicted octanol–water partition coefficient (Wildman–Crippen LogP) is 4.30. The van der Waals surface area contributed by atoms with Gasteiger partial charge in [-0.2, -0.15) is 0 Å². The molecule has 0 saturated heterocycles. The van der Waals surface area contributed by atoms with Gasteiger partial charge in [0.2, 0.25) is 0 Å². The quantitative estimate of drug-likeness (QED) is 0.615. The van der Waals surface area contributed by atoms with Gasteiger partial charge in [-0.15, -0.1) is 11.3 Å². The zero-order chi connectivity index (χ0) is 20.3. The maximum atomic E-state index is 12.8. The maximum Gasteiger partial charge on any atom is 0.252 e. The van der Waals surface area contributed by atoms with Crippen LogP contribution >= 0.6 is 11.3 Å². The van der Waals surface area contributed by atoms with Crippen LogP contribution in [0.2, 0.25) is 0 Å². The van der Waals surface area contributed by atoms with E-state index in [4.69, 9.17) is 0 Å². The Bertz CT molecular complexity index is 1020. The number of nitrogens with one attached hydrogen (secondary N) is 1. The van der Waals surface area contributed by atoms with Crippen molar-refractivity contribution in [1.29, 1.82) is 0 Å². The van der Waals surface area contributed by atoms with Crippen molar-refractivity contribution < 1.29 is 4.79 Å². The second kappa shape index (κ2) is 8.80. The third kappa shape index (κ3) is 4.56. The molecule has 0 aliphatic carbocycles. The van der Waals surface area contributed by atoms with Gasteiger partial charge in [0.25, 0.3) is 5.56 Å². The Balaban J connectivity index is 1.86. The van der Waals surface area contributed by atoms with Crippen LogP contribution in [0.1, 0.15) is 38.2 Å². The maximum absolute atomic E-state index is 12.8. The van der Waals surface area contributed by atoms with Crippen molar-refractivity contribution in [2.24, 2.45) is 5.92 Å². The van der Waals surface area contributed by atoms with E-state index in [1.807, 2.05) is 63.8 Å². The summed E-state index contributed by atoms with van der Waals surface area (Å²) in [6, 6.07) is 9.68. The van der Waals surface area contributed by atoms with Crippen molar-refractivity contribution in [3.05, 3.63) is 51.8 Å². The van der Waals surface area contributed by atoms with Crippen molar-refractivity contribution in [2.45, 2.75) is 32.6 Å². The normalized spacial score (nSPS) is 12.8. The molecule has 0 spiro atoms. The molecule has 5 nitrogen and oxygen atoms in total. The Hall–Kier alpha value is -2.31. The van der Waals surface area contributed by atoms with Crippen LogP contribution in [0.3, 0.4) is 0 Å². The summed E-state index contributed by atoms with van der Waals surface area (Å²) in [6.45, 7) is 4.86. The van der Waals surface area contributed by atoms with Crippen molar-refractivity contribution >= 4 is 27.3 Å². The highest BCUT2D eigenvalue weighted by Crippen LogP contribution is 2.27. The molecule has 0 aliphatic rings. The first kappa shape index (κ1) is 20.4. The lowest BCUT2D eigenvalue weighted by atomic mass is 9.83. The summed E-state index contributed by atoms with van der Waals surface area (Å²) in [5, 5.41) is 0. The molecule has 0 bridgehead atoms. The van der Waals surface area contributed by atoms with Gasteiger partial charge in [-0.1, -0.05) is 26.0 Å². The molecule has 0 saturated carbocycles. The first-order valence-electron chi connectivity index (χ1n) is 9.61. The fourth-order valence-corrected chi connectivity index (χ4v) is 4.21. The number of hydrogen-bond acceptors (Lipinski definition) is 5. The second-order valence-electron chi connectivity index (χ2n) is 7.79. The summed E-state index contributed by atoms with van der Waals surface area (Å²) in [6.07, 6.45) is 1.29. The molecule has 0 fully saturated rings. The number of hydrogen-bond donors (Lipinski definition) is 1. The molecule has 1 aromatic carbocycles. The first-order valence-corrected chi connectivity index (χ1v) is 10.5. The SMILES string of the molecule is CC(C)C(C(=O)CCCN(C)C)c1ccc(-c2ccc3scnc3c2)[nH]c1=O. The van der Waals surface area contributed by atoms with Crippen molar-refractivity contribution in [2.75, 3.05) is 20.6 Å². The van der Waals surface area contributed by atoms with Gasteiger partial charge in [-0.25, -0.2) is 4.98 Å². The van der Waals surface area contributed by atoms with Gasteiger partial charge in [0.15, 0.2) is 0 Å². The Morgan fingerprint density at radius 1 is 1.21 bits per heavy atom. The highest BCUT2D eigenvalue weighted by atomic mass is 32.1. The van der Waals surface area contributed by atoms with Crippen molar-refractivity contribution in [1.82, 2.24) is 14.9 Å². The van der Waals surface area contributed by atoms with Gasteiger partial charge in [0, 0.05) is 23.2 Å². The van der Waals surface area contributed by atoms with Crippen LogP contribution in [0.15, 0.2) is 40.6 Å². The van der Waals surface area contributed by atoms with Gasteiger partial charge in [0.1, 0.15) is 5.78 Å². The van der Waals surface area contributed by atoms with E-state index in [9.17, 15) is 9.59 Å². The number of aromatic nitrogens is 2. The van der Waals surface area contributed by atoms with Crippen molar-refractivity contribution in [3.63, 3.8) is 0 Å². The highest BCUT2D eigenvalue weighted by molar-refractivity contribution is 7.16. The van der Waals surface area contributed by atoms with E-state index >= 15 is 0 Å². The van der Waals surface area contributed by atoms with E-state index in [0.29, 0.717) is 12.0 Å². The zero-order valence-electron chi connectivity index (χ0n) is 16.9. The lowest BCUT2D eigenvalue weighted by Crippen LogP contribution is -2.26. The molecule has 2 heterocycles. The number of fused-ring (bicyclic) bond motifs is 1. The van der Waals surface area contributed by atoms with Crippen LogP contribution in [-0.4, -0.2) is 41.3 Å². The number of H-pyrrole nitrogens is 1. The van der Waals surface area contributed by atoms with Crippen LogP contribution in [0.25, 0.3) is 21.5 Å². The lowest BCUT2D eigenvalue weighted by molar-refractivity contribution is -0.121. The smallest absolute Gasteiger partial charge is 0.252 e. The van der Waals surface area contributed by atoms with E-state index in [2.05, 4.69) is 14.9 Å². The average molecular weight is 398 g/mol. The Kier molecular flexibility index (Phi) is 6.42. The van der Waals surface area contributed by atoms with E-state index in [1.165, 1.54) is 0 Å². The molecule has 6 heteroatoms. The molecule has 0 aliphatic heterocycles. The largest absolute Gasteiger partial charge is 0.322 e. The van der Waals surface area contributed by atoms with Crippen LogP contribution in [0.4, 0.5) is 0 Å². The Morgan fingerprint density at radius 2 is 2.00 bits per heavy atom. The topological polar surface area (TPSA) is 66.1 Å². The summed E-state index contributed by atoms with van der Waals surface area (Å²) < 4.78 is 1.12. The Morgan fingerprint density at radius 3 is 2.68 bits per heavy atom. The molecule has 0 amide bonds. The summed E-state index contributed by atoms with van der Waals surface area (Å²) in [7, 11) is 3.99. The molecule has 1 atom stereocenters. The average Bonchev–Trinajstić information content (AvgIpc) is 3.10. The lowest BCUT2D eigenvalue weighted by Gasteiger charge is -2.20. The number of thiazole rings is 1. The number of benzene rings is 1. The van der Waals surface area contributed by atoms with Gasteiger partial charge in [-0.3, -0.25) is 9.59 Å². The fraction of sp³-hybridized carbons (Fsp3) is 0.409. The predicted molar refractivity (Wildman–Crippen MR) is 116 cm³/mol. The highest BCUT2D eigenvalue weighted by Gasteiger charge is 2.26. The number of carbonyl (C=O) groups is 1. The third-order valence-corrected chi connectivity index (χ3v) is 5.77. The number of nitrogens with zero attached hydrogens (tertiary/aromatic N) is 2. The summed E-state index contributed by atoms with van der Waals surface area (Å²) in [5.41, 5.74) is 4.77. The molecule has 1 N–H and O–H groups in total. The number of ketones is 1. The minimum atomic E-state index is -0.374. The number of carbonyl (C=O) groups excluding carboxylic acids is 1. The Labute approximate surface area is 169 Å². The number of pyridine rings is 1. The van der Waals surface area contributed by atoms with Crippen LogP contribution in [0, 0.1) is 5.92 Å². The molecule has 1 unspecified atom stereocenters. The summed E-state index contributed by atoms with van der Waals surface area (Å²) in [5.74, 6) is -0.162. The van der Waals surface area contributed by atoms with E-state index in [-0.39, 0.29) is 23.2 Å². The number of aromatic amines is 1. The van der Waals surface area contributed by atoms with Gasteiger partial charge < -0.3 is 9.88 Å². The molecular weight excluding hydrogens is 370 g/mol. The monoisotopic (exact) mass is 397 g/mol. The zero-order valence-corrected chi connectivity index (χ0v) is 17.7. The van der Waals surface area contributed by atoms with Gasteiger partial charge in [-0.05, 0) is 51.2 Å². The molecular formula is C22H27N3O2S. The van der Waals surface area contributed by atoms with Crippen LogP contribution < -0.4 is 5.56 Å². The van der Waals surface area contributed by atoms with Crippen LogP contribution in [0.5, 0.6) is 0 Å². The van der Waals surface area contributed by atoms with Crippen molar-refractivity contribution in [3.8, 4) is 11.3 Å². The second-order valence-corrected chi connectivity index (χ2v) is 8.67. The third-order valence-electron chi connectivity index (χ3n) is 4.96. The van der Waals surface area contributed by atoms with E-state index in [1.54, 1.807) is 11.3 Å².